The summed E-state index contributed by atoms with van der Waals surface area (Å²) in [5, 5.41) is 0. The van der Waals surface area contributed by atoms with Gasteiger partial charge in [-0.1, -0.05) is 30.3 Å². The average molecular weight is 326 g/mol. The van der Waals surface area contributed by atoms with Gasteiger partial charge in [0, 0.05) is 51.9 Å². The molecule has 0 N–H and O–H groups in total. The van der Waals surface area contributed by atoms with Crippen molar-refractivity contribution in [3.8, 4) is 0 Å². The van der Waals surface area contributed by atoms with E-state index in [2.05, 4.69) is 4.98 Å². The van der Waals surface area contributed by atoms with Crippen molar-refractivity contribution in [1.29, 1.82) is 0 Å². The Hall–Kier alpha value is -2.63. The predicted octanol–water partition coefficient (Wildman–Crippen LogP) is 1.71. The molecule has 2 heterocycles. The van der Waals surface area contributed by atoms with Gasteiger partial charge in [-0.05, 0) is 5.56 Å². The normalized spacial score (nSPS) is 17.8. The van der Waals surface area contributed by atoms with Crippen molar-refractivity contribution in [3.05, 3.63) is 54.6 Å². The fourth-order valence-corrected chi connectivity index (χ4v) is 3.15. The molecule has 1 aliphatic heterocycles. The number of amides is 2. The molecule has 24 heavy (non-hydrogen) atoms. The Labute approximate surface area is 141 Å². The molecule has 6 nitrogen and oxygen atoms in total. The van der Waals surface area contributed by atoms with Crippen LogP contribution < -0.4 is 0 Å². The minimum Gasteiger partial charge on any atom is -0.338 e. The van der Waals surface area contributed by atoms with Crippen LogP contribution in [0.15, 0.2) is 49.1 Å². The van der Waals surface area contributed by atoms with Crippen molar-refractivity contribution >= 4 is 11.8 Å². The molecular formula is C18H22N4O2. The second-order valence-electron chi connectivity index (χ2n) is 6.03. The summed E-state index contributed by atoms with van der Waals surface area (Å²) in [7, 11) is 0. The molecule has 6 heteroatoms. The van der Waals surface area contributed by atoms with Crippen molar-refractivity contribution in [2.75, 3.05) is 19.6 Å². The van der Waals surface area contributed by atoms with E-state index in [-0.39, 0.29) is 17.9 Å². The summed E-state index contributed by atoms with van der Waals surface area (Å²) in [6, 6.07) is 9.84. The van der Waals surface area contributed by atoms with Gasteiger partial charge < -0.3 is 14.4 Å². The van der Waals surface area contributed by atoms with Gasteiger partial charge in [-0.15, -0.1) is 0 Å². The zero-order valence-electron chi connectivity index (χ0n) is 13.8. The van der Waals surface area contributed by atoms with Crippen molar-refractivity contribution in [2.24, 2.45) is 0 Å². The van der Waals surface area contributed by atoms with Gasteiger partial charge >= 0.3 is 0 Å². The predicted molar refractivity (Wildman–Crippen MR) is 90.0 cm³/mol. The molecule has 1 aromatic heterocycles. The lowest BCUT2D eigenvalue weighted by Crippen LogP contribution is -2.51. The number of nitrogens with zero attached hydrogens (tertiary/aromatic N) is 4. The Balaban J connectivity index is 1.68. The molecule has 1 saturated heterocycles. The van der Waals surface area contributed by atoms with Crippen LogP contribution in [0.1, 0.15) is 24.9 Å². The molecule has 0 spiro atoms. The number of hydrogen-bond donors (Lipinski definition) is 0. The van der Waals surface area contributed by atoms with Crippen LogP contribution in [-0.4, -0.2) is 50.8 Å². The second kappa shape index (κ2) is 7.29. The van der Waals surface area contributed by atoms with Gasteiger partial charge in [-0.3, -0.25) is 9.59 Å². The van der Waals surface area contributed by atoms with E-state index in [4.69, 9.17) is 0 Å². The molecule has 126 valence electrons. The summed E-state index contributed by atoms with van der Waals surface area (Å²) in [6.07, 6.45) is 5.72. The van der Waals surface area contributed by atoms with Crippen LogP contribution in [0.5, 0.6) is 0 Å². The monoisotopic (exact) mass is 326 g/mol. The molecule has 0 aliphatic carbocycles. The first-order valence-electron chi connectivity index (χ1n) is 8.21. The Kier molecular flexibility index (Phi) is 4.93. The quantitative estimate of drug-likeness (QED) is 0.859. The van der Waals surface area contributed by atoms with E-state index in [1.165, 1.54) is 0 Å². The van der Waals surface area contributed by atoms with E-state index >= 15 is 0 Å². The number of piperazine rings is 1. The Morgan fingerprint density at radius 3 is 2.67 bits per heavy atom. The molecule has 1 atom stereocenters. The van der Waals surface area contributed by atoms with Crippen LogP contribution in [0.2, 0.25) is 0 Å². The van der Waals surface area contributed by atoms with Crippen LogP contribution in [0.25, 0.3) is 0 Å². The first-order valence-corrected chi connectivity index (χ1v) is 8.21. The highest BCUT2D eigenvalue weighted by atomic mass is 16.2. The topological polar surface area (TPSA) is 58.4 Å². The van der Waals surface area contributed by atoms with Crippen LogP contribution >= 0.6 is 0 Å². The minimum absolute atomic E-state index is 0.0503. The summed E-state index contributed by atoms with van der Waals surface area (Å²) in [5.74, 6) is 0.169. The Morgan fingerprint density at radius 1 is 1.21 bits per heavy atom. The first kappa shape index (κ1) is 16.2. The second-order valence-corrected chi connectivity index (χ2v) is 6.03. The zero-order valence-corrected chi connectivity index (χ0v) is 13.8. The third-order valence-corrected chi connectivity index (χ3v) is 4.46. The van der Waals surface area contributed by atoms with Crippen molar-refractivity contribution in [1.82, 2.24) is 19.4 Å². The summed E-state index contributed by atoms with van der Waals surface area (Å²) in [6.45, 7) is 3.93. The number of imidazole rings is 1. The van der Waals surface area contributed by atoms with E-state index in [0.29, 0.717) is 32.6 Å². The highest BCUT2D eigenvalue weighted by Gasteiger charge is 2.31. The highest BCUT2D eigenvalue weighted by Crippen LogP contribution is 2.25. The summed E-state index contributed by atoms with van der Waals surface area (Å²) in [4.78, 5) is 32.2. The lowest BCUT2D eigenvalue weighted by Gasteiger charge is -2.41. The van der Waals surface area contributed by atoms with Crippen molar-refractivity contribution in [3.63, 3.8) is 0 Å². The van der Waals surface area contributed by atoms with Crippen molar-refractivity contribution < 1.29 is 9.59 Å². The molecule has 3 rings (SSSR count). The fraction of sp³-hybridized carbons (Fsp3) is 0.389. The summed E-state index contributed by atoms with van der Waals surface area (Å²) in [5.41, 5.74) is 1.07. The molecular weight excluding hydrogens is 304 g/mol. The molecule has 2 aromatic rings. The number of benzene rings is 1. The average Bonchev–Trinajstić information content (AvgIpc) is 3.13. The molecule has 2 amide bonds. The maximum atomic E-state index is 12.5. The zero-order chi connectivity index (χ0) is 16.9. The first-order chi connectivity index (χ1) is 11.6. The lowest BCUT2D eigenvalue weighted by molar-refractivity contribution is -0.142. The molecule has 1 fully saturated rings. The number of aromatic nitrogens is 2. The molecule has 1 aromatic carbocycles. The van der Waals surface area contributed by atoms with Gasteiger partial charge in [0.2, 0.25) is 11.8 Å². The molecule has 1 aliphatic rings. The third-order valence-electron chi connectivity index (χ3n) is 4.46. The Morgan fingerprint density at radius 2 is 2.00 bits per heavy atom. The number of carbonyl (C=O) groups is 2. The van der Waals surface area contributed by atoms with E-state index < -0.39 is 0 Å². The van der Waals surface area contributed by atoms with Crippen LogP contribution in [0.3, 0.4) is 0 Å². The van der Waals surface area contributed by atoms with Crippen LogP contribution in [0.4, 0.5) is 0 Å². The van der Waals surface area contributed by atoms with Gasteiger partial charge in [0.15, 0.2) is 0 Å². The number of rotatable bonds is 4. The summed E-state index contributed by atoms with van der Waals surface area (Å²) >= 11 is 0. The lowest BCUT2D eigenvalue weighted by atomic mass is 10.0. The van der Waals surface area contributed by atoms with E-state index in [0.717, 1.165) is 5.56 Å². The SMILES string of the molecule is CC(=O)N1CCN(C(=O)CCn2ccnc2)C[C@H]1c1ccccc1. The summed E-state index contributed by atoms with van der Waals surface area (Å²) < 4.78 is 1.90. The van der Waals surface area contributed by atoms with Crippen molar-refractivity contribution in [2.45, 2.75) is 25.9 Å². The largest absolute Gasteiger partial charge is 0.338 e. The highest BCUT2D eigenvalue weighted by molar-refractivity contribution is 5.78. The molecule has 0 unspecified atom stereocenters. The van der Waals surface area contributed by atoms with Gasteiger partial charge in [-0.2, -0.15) is 0 Å². The number of aryl methyl sites for hydroxylation is 1. The standard InChI is InChI=1S/C18H22N4O2/c1-15(23)22-12-11-21(13-17(22)16-5-3-2-4-6-16)18(24)7-9-20-10-8-19-14-20/h2-6,8,10,14,17H,7,9,11-13H2,1H3/t17-/m0/s1. The third kappa shape index (κ3) is 3.64. The van der Waals surface area contributed by atoms with E-state index in [9.17, 15) is 9.59 Å². The van der Waals surface area contributed by atoms with Crippen LogP contribution in [0, 0.1) is 0 Å². The van der Waals surface area contributed by atoms with Gasteiger partial charge in [0.25, 0.3) is 0 Å². The maximum absolute atomic E-state index is 12.5. The van der Waals surface area contributed by atoms with E-state index in [1.807, 2.05) is 50.9 Å². The van der Waals surface area contributed by atoms with Gasteiger partial charge in [-0.25, -0.2) is 4.98 Å². The van der Waals surface area contributed by atoms with Crippen LogP contribution in [-0.2, 0) is 16.1 Å². The number of carbonyl (C=O) groups excluding carboxylic acids is 2. The molecule has 0 bridgehead atoms. The van der Waals surface area contributed by atoms with E-state index in [1.54, 1.807) is 19.4 Å². The number of hydrogen-bond acceptors (Lipinski definition) is 3. The Bertz CT molecular complexity index is 684. The minimum atomic E-state index is -0.0744. The maximum Gasteiger partial charge on any atom is 0.224 e. The van der Waals surface area contributed by atoms with Gasteiger partial charge in [0.1, 0.15) is 0 Å². The molecule has 0 saturated carbocycles. The molecule has 0 radical (unpaired) electrons. The van der Waals surface area contributed by atoms with Gasteiger partial charge in [0.05, 0.1) is 12.4 Å². The fourth-order valence-electron chi connectivity index (χ4n) is 3.15. The smallest absolute Gasteiger partial charge is 0.224 e.